The van der Waals surface area contributed by atoms with Gasteiger partial charge < -0.3 is 10.6 Å². The number of hydrogen-bond donors (Lipinski definition) is 2. The molecule has 2 aromatic carbocycles. The van der Waals surface area contributed by atoms with Crippen molar-refractivity contribution in [2.24, 2.45) is 0 Å². The molecule has 2 rings (SSSR count). The van der Waals surface area contributed by atoms with Crippen molar-refractivity contribution < 1.29 is 4.79 Å². The van der Waals surface area contributed by atoms with E-state index in [9.17, 15) is 4.79 Å². The summed E-state index contributed by atoms with van der Waals surface area (Å²) in [5, 5.41) is 6.53. The normalized spacial score (nSPS) is 10.2. The van der Waals surface area contributed by atoms with Crippen molar-refractivity contribution in [1.82, 2.24) is 0 Å². The second-order valence-electron chi connectivity index (χ2n) is 4.40. The molecular weight excluding hydrogens is 340 g/mol. The fourth-order valence-electron chi connectivity index (χ4n) is 1.72. The maximum absolute atomic E-state index is 11.8. The van der Waals surface area contributed by atoms with Crippen LogP contribution < -0.4 is 10.6 Å². The van der Waals surface area contributed by atoms with Gasteiger partial charge >= 0.3 is 0 Å². The Morgan fingerprint density at radius 1 is 1.20 bits per heavy atom. The summed E-state index contributed by atoms with van der Waals surface area (Å²) in [6.07, 6.45) is 0. The first-order chi connectivity index (χ1) is 9.54. The van der Waals surface area contributed by atoms with Gasteiger partial charge in [-0.15, -0.1) is 0 Å². The van der Waals surface area contributed by atoms with Crippen molar-refractivity contribution in [3.8, 4) is 0 Å². The number of anilines is 2. The fraction of sp³-hybridized carbons (Fsp3) is 0.133. The van der Waals surface area contributed by atoms with Crippen LogP contribution in [0.4, 0.5) is 11.4 Å². The lowest BCUT2D eigenvalue weighted by atomic mass is 10.2. The van der Waals surface area contributed by atoms with Gasteiger partial charge in [-0.05, 0) is 58.7 Å². The van der Waals surface area contributed by atoms with Crippen LogP contribution >= 0.6 is 27.5 Å². The molecule has 0 saturated heterocycles. The molecule has 0 aliphatic rings. The largest absolute Gasteiger partial charge is 0.376 e. The van der Waals surface area contributed by atoms with E-state index in [0.717, 1.165) is 21.4 Å². The van der Waals surface area contributed by atoms with Gasteiger partial charge in [0.15, 0.2) is 0 Å². The topological polar surface area (TPSA) is 41.1 Å². The zero-order valence-corrected chi connectivity index (χ0v) is 13.3. The predicted octanol–water partition coefficient (Wildman–Crippen LogP) is 4.46. The van der Waals surface area contributed by atoms with E-state index in [4.69, 9.17) is 11.6 Å². The first-order valence-electron chi connectivity index (χ1n) is 6.10. The molecule has 0 aliphatic heterocycles. The molecule has 0 atom stereocenters. The van der Waals surface area contributed by atoms with Crippen molar-refractivity contribution >= 4 is 44.8 Å². The average molecular weight is 354 g/mol. The highest BCUT2D eigenvalue weighted by Gasteiger charge is 2.04. The van der Waals surface area contributed by atoms with Crippen LogP contribution in [0, 0.1) is 6.92 Å². The highest BCUT2D eigenvalue weighted by molar-refractivity contribution is 9.10. The van der Waals surface area contributed by atoms with Crippen LogP contribution in [0.5, 0.6) is 0 Å². The number of rotatable bonds is 4. The number of aryl methyl sites for hydroxylation is 1. The average Bonchev–Trinajstić information content (AvgIpc) is 2.40. The summed E-state index contributed by atoms with van der Waals surface area (Å²) in [4.78, 5) is 11.8. The first kappa shape index (κ1) is 14.9. The number of amides is 1. The third-order valence-corrected chi connectivity index (χ3v) is 3.89. The number of benzene rings is 2. The number of hydrogen-bond acceptors (Lipinski definition) is 2. The maximum Gasteiger partial charge on any atom is 0.243 e. The Morgan fingerprint density at radius 2 is 2.00 bits per heavy atom. The Kier molecular flexibility index (Phi) is 5.04. The third-order valence-electron chi connectivity index (χ3n) is 2.67. The van der Waals surface area contributed by atoms with Crippen molar-refractivity contribution in [2.45, 2.75) is 6.92 Å². The molecule has 0 spiro atoms. The van der Waals surface area contributed by atoms with Gasteiger partial charge in [0.25, 0.3) is 0 Å². The molecule has 2 N–H and O–H groups in total. The van der Waals surface area contributed by atoms with Crippen LogP contribution in [-0.4, -0.2) is 12.5 Å². The summed E-state index contributed by atoms with van der Waals surface area (Å²) in [6.45, 7) is 2.18. The molecule has 0 saturated carbocycles. The molecule has 2 aromatic rings. The van der Waals surface area contributed by atoms with Gasteiger partial charge in [0.2, 0.25) is 5.91 Å². The number of nitrogens with one attached hydrogen (secondary N) is 2. The molecule has 5 heteroatoms. The minimum atomic E-state index is -0.0957. The van der Waals surface area contributed by atoms with E-state index in [1.54, 1.807) is 6.07 Å². The van der Waals surface area contributed by atoms with E-state index in [1.807, 2.05) is 43.3 Å². The Balaban J connectivity index is 1.90. The highest BCUT2D eigenvalue weighted by Crippen LogP contribution is 2.25. The number of carbonyl (C=O) groups is 1. The summed E-state index contributed by atoms with van der Waals surface area (Å²) in [6, 6.07) is 13.1. The van der Waals surface area contributed by atoms with E-state index in [-0.39, 0.29) is 12.5 Å². The fourth-order valence-corrected chi connectivity index (χ4v) is 2.21. The summed E-state index contributed by atoms with van der Waals surface area (Å²) in [7, 11) is 0. The van der Waals surface area contributed by atoms with Gasteiger partial charge in [-0.25, -0.2) is 0 Å². The van der Waals surface area contributed by atoms with Gasteiger partial charge in [0, 0.05) is 15.8 Å². The van der Waals surface area contributed by atoms with Crippen LogP contribution in [0.25, 0.3) is 0 Å². The van der Waals surface area contributed by atoms with E-state index in [2.05, 4.69) is 26.6 Å². The highest BCUT2D eigenvalue weighted by atomic mass is 79.9. The Labute approximate surface area is 131 Å². The van der Waals surface area contributed by atoms with E-state index in [0.29, 0.717) is 5.02 Å². The van der Waals surface area contributed by atoms with Crippen molar-refractivity contribution in [3.63, 3.8) is 0 Å². The Hall–Kier alpha value is -1.52. The minimum absolute atomic E-state index is 0.0957. The predicted molar refractivity (Wildman–Crippen MR) is 87.5 cm³/mol. The quantitative estimate of drug-likeness (QED) is 0.852. The van der Waals surface area contributed by atoms with Crippen LogP contribution in [0.1, 0.15) is 5.56 Å². The second kappa shape index (κ2) is 6.77. The molecule has 0 bridgehead atoms. The molecule has 0 heterocycles. The summed E-state index contributed by atoms with van der Waals surface area (Å²) >= 11 is 9.25. The Bertz CT molecular complexity index is 631. The van der Waals surface area contributed by atoms with Crippen LogP contribution in [-0.2, 0) is 4.79 Å². The smallest absolute Gasteiger partial charge is 0.243 e. The minimum Gasteiger partial charge on any atom is -0.376 e. The van der Waals surface area contributed by atoms with Crippen molar-refractivity contribution in [2.75, 3.05) is 17.2 Å². The van der Waals surface area contributed by atoms with Crippen molar-refractivity contribution in [1.29, 1.82) is 0 Å². The SMILES string of the molecule is Cc1cccc(NC(=O)CNc2ccc(Cl)c(Br)c2)c1. The molecule has 0 aromatic heterocycles. The number of carbonyl (C=O) groups excluding carboxylic acids is 1. The number of halogens is 2. The maximum atomic E-state index is 11.8. The van der Waals surface area contributed by atoms with Crippen LogP contribution in [0.15, 0.2) is 46.9 Å². The second-order valence-corrected chi connectivity index (χ2v) is 5.66. The van der Waals surface area contributed by atoms with Gasteiger partial charge in [-0.1, -0.05) is 23.7 Å². The molecule has 0 radical (unpaired) electrons. The Morgan fingerprint density at radius 3 is 2.70 bits per heavy atom. The molecule has 3 nitrogen and oxygen atoms in total. The van der Waals surface area contributed by atoms with E-state index >= 15 is 0 Å². The molecule has 104 valence electrons. The van der Waals surface area contributed by atoms with E-state index in [1.165, 1.54) is 0 Å². The molecule has 1 amide bonds. The molecule has 0 unspecified atom stereocenters. The lowest BCUT2D eigenvalue weighted by Crippen LogP contribution is -2.21. The van der Waals surface area contributed by atoms with Gasteiger partial charge in [0.05, 0.1) is 11.6 Å². The van der Waals surface area contributed by atoms with E-state index < -0.39 is 0 Å². The molecule has 20 heavy (non-hydrogen) atoms. The van der Waals surface area contributed by atoms with Gasteiger partial charge in [-0.3, -0.25) is 4.79 Å². The first-order valence-corrected chi connectivity index (χ1v) is 7.27. The van der Waals surface area contributed by atoms with Crippen molar-refractivity contribution in [3.05, 3.63) is 57.5 Å². The molecule has 0 aliphatic carbocycles. The monoisotopic (exact) mass is 352 g/mol. The lowest BCUT2D eigenvalue weighted by Gasteiger charge is -2.09. The van der Waals surface area contributed by atoms with Crippen LogP contribution in [0.3, 0.4) is 0 Å². The standard InChI is InChI=1S/C15H14BrClN2O/c1-10-3-2-4-12(7-10)19-15(20)9-18-11-5-6-14(17)13(16)8-11/h2-8,18H,9H2,1H3,(H,19,20). The molecule has 0 fully saturated rings. The summed E-state index contributed by atoms with van der Waals surface area (Å²) in [5.41, 5.74) is 2.74. The zero-order valence-electron chi connectivity index (χ0n) is 10.9. The zero-order chi connectivity index (χ0) is 14.5. The van der Waals surface area contributed by atoms with Gasteiger partial charge in [-0.2, -0.15) is 0 Å². The summed E-state index contributed by atoms with van der Waals surface area (Å²) in [5.74, 6) is -0.0957. The van der Waals surface area contributed by atoms with Gasteiger partial charge in [0.1, 0.15) is 0 Å². The lowest BCUT2D eigenvalue weighted by molar-refractivity contribution is -0.114. The van der Waals surface area contributed by atoms with Crippen LogP contribution in [0.2, 0.25) is 5.02 Å². The molecular formula is C15H14BrClN2O. The summed E-state index contributed by atoms with van der Waals surface area (Å²) < 4.78 is 0.795. The third kappa shape index (κ3) is 4.25.